The van der Waals surface area contributed by atoms with Crippen molar-refractivity contribution in [3.8, 4) is 0 Å². The molecule has 0 spiro atoms. The average Bonchev–Trinajstić information content (AvgIpc) is 2.48. The first-order valence-corrected chi connectivity index (χ1v) is 4.54. The van der Waals surface area contributed by atoms with Crippen molar-refractivity contribution in [2.75, 3.05) is 0 Å². The van der Waals surface area contributed by atoms with Crippen LogP contribution >= 0.6 is 0 Å². The van der Waals surface area contributed by atoms with E-state index in [1.807, 2.05) is 13.8 Å². The molecule has 14 heavy (non-hydrogen) atoms. The third-order valence-corrected chi connectivity index (χ3v) is 2.16. The van der Waals surface area contributed by atoms with Crippen LogP contribution in [0.1, 0.15) is 44.1 Å². The second-order valence-corrected chi connectivity index (χ2v) is 3.87. The van der Waals surface area contributed by atoms with E-state index in [0.29, 0.717) is 0 Å². The molecule has 0 bridgehead atoms. The molecule has 80 valence electrons. The van der Waals surface area contributed by atoms with Crippen LogP contribution < -0.4 is 5.73 Å². The molecular weight excluding hydrogens is 188 g/mol. The van der Waals surface area contributed by atoms with Crippen LogP contribution in [0.15, 0.2) is 16.7 Å². The summed E-state index contributed by atoms with van der Waals surface area (Å²) in [6.45, 7) is 4.71. The van der Waals surface area contributed by atoms with E-state index >= 15 is 0 Å². The van der Waals surface area contributed by atoms with Crippen LogP contribution in [0.25, 0.3) is 0 Å². The van der Waals surface area contributed by atoms with Crippen LogP contribution in [0.3, 0.4) is 0 Å². The van der Waals surface area contributed by atoms with Crippen molar-refractivity contribution < 1.29 is 13.2 Å². The number of nitrogens with two attached hydrogens (primary N) is 1. The molecule has 2 N–H and O–H groups in total. The van der Waals surface area contributed by atoms with Crippen LogP contribution in [0.5, 0.6) is 0 Å². The number of furan rings is 1. The first kappa shape index (κ1) is 11.2. The second kappa shape index (κ2) is 3.69. The summed E-state index contributed by atoms with van der Waals surface area (Å²) in [5.74, 6) is -2.56. The largest absolute Gasteiger partial charge is 0.467 e. The van der Waals surface area contributed by atoms with Gasteiger partial charge in [-0.1, -0.05) is 13.8 Å². The first-order valence-electron chi connectivity index (χ1n) is 4.54. The summed E-state index contributed by atoms with van der Waals surface area (Å²) in [4.78, 5) is 0. The Kier molecular flexibility index (Phi) is 2.95. The minimum Gasteiger partial charge on any atom is -0.467 e. The highest BCUT2D eigenvalue weighted by molar-refractivity contribution is 5.19. The normalized spacial score (nSPS) is 14.8. The van der Waals surface area contributed by atoms with Crippen LogP contribution in [0.4, 0.5) is 8.78 Å². The van der Waals surface area contributed by atoms with E-state index < -0.39 is 12.0 Å². The molecule has 1 rings (SSSR count). The van der Waals surface area contributed by atoms with Gasteiger partial charge in [0.1, 0.15) is 11.8 Å². The van der Waals surface area contributed by atoms with E-state index in [4.69, 9.17) is 10.2 Å². The van der Waals surface area contributed by atoms with E-state index in [0.717, 1.165) is 12.5 Å². The molecule has 0 amide bonds. The fourth-order valence-electron chi connectivity index (χ4n) is 1.08. The van der Waals surface area contributed by atoms with Crippen LogP contribution in [0, 0.1) is 0 Å². The molecule has 0 unspecified atom stereocenters. The maximum Gasteiger partial charge on any atom is 0.267 e. The standard InChI is InChI=1S/C10H15F2NO/c1-6(2)7-4-8(14-5-7)9(13)10(3,11)12/h4-6,9H,13H2,1-3H3/t9-/m0/s1. The molecule has 0 saturated heterocycles. The summed E-state index contributed by atoms with van der Waals surface area (Å²) in [6.07, 6.45) is 1.48. The number of alkyl halides is 2. The highest BCUT2D eigenvalue weighted by atomic mass is 19.3. The molecule has 0 aromatic carbocycles. The van der Waals surface area contributed by atoms with Gasteiger partial charge in [-0.15, -0.1) is 0 Å². The van der Waals surface area contributed by atoms with Gasteiger partial charge >= 0.3 is 0 Å². The first-order chi connectivity index (χ1) is 6.32. The van der Waals surface area contributed by atoms with Gasteiger partial charge in [0.25, 0.3) is 5.92 Å². The lowest BCUT2D eigenvalue weighted by atomic mass is 10.0. The Balaban J connectivity index is 2.87. The minimum absolute atomic E-state index is 0.140. The molecule has 2 nitrogen and oxygen atoms in total. The quantitative estimate of drug-likeness (QED) is 0.820. The molecule has 0 radical (unpaired) electrons. The molecular formula is C10H15F2NO. The number of rotatable bonds is 3. The van der Waals surface area contributed by atoms with Gasteiger partial charge in [0.2, 0.25) is 0 Å². The molecule has 0 fully saturated rings. The molecule has 0 saturated carbocycles. The minimum atomic E-state index is -2.95. The zero-order valence-electron chi connectivity index (χ0n) is 8.55. The van der Waals surface area contributed by atoms with Crippen molar-refractivity contribution in [2.45, 2.75) is 38.7 Å². The zero-order valence-corrected chi connectivity index (χ0v) is 8.55. The summed E-state index contributed by atoms with van der Waals surface area (Å²) in [7, 11) is 0. The fraction of sp³-hybridized carbons (Fsp3) is 0.600. The van der Waals surface area contributed by atoms with Gasteiger partial charge in [-0.2, -0.15) is 0 Å². The average molecular weight is 203 g/mol. The smallest absolute Gasteiger partial charge is 0.267 e. The van der Waals surface area contributed by atoms with Crippen molar-refractivity contribution in [1.29, 1.82) is 0 Å². The number of hydrogen-bond donors (Lipinski definition) is 1. The van der Waals surface area contributed by atoms with Gasteiger partial charge in [0.05, 0.1) is 6.26 Å². The lowest BCUT2D eigenvalue weighted by Crippen LogP contribution is -2.29. The van der Waals surface area contributed by atoms with Gasteiger partial charge in [-0.05, 0) is 17.5 Å². The van der Waals surface area contributed by atoms with Gasteiger partial charge < -0.3 is 10.2 Å². The molecule has 1 atom stereocenters. The topological polar surface area (TPSA) is 39.2 Å². The summed E-state index contributed by atoms with van der Waals surface area (Å²) >= 11 is 0. The highest BCUT2D eigenvalue weighted by Gasteiger charge is 2.34. The van der Waals surface area contributed by atoms with Gasteiger partial charge in [0, 0.05) is 6.92 Å². The van der Waals surface area contributed by atoms with E-state index in [1.54, 1.807) is 6.07 Å². The van der Waals surface area contributed by atoms with Crippen LogP contribution in [-0.4, -0.2) is 5.92 Å². The summed E-state index contributed by atoms with van der Waals surface area (Å²) in [6, 6.07) is 0.224. The summed E-state index contributed by atoms with van der Waals surface area (Å²) in [5.41, 5.74) is 6.23. The van der Waals surface area contributed by atoms with E-state index in [-0.39, 0.29) is 11.7 Å². The second-order valence-electron chi connectivity index (χ2n) is 3.87. The van der Waals surface area contributed by atoms with Crippen molar-refractivity contribution in [1.82, 2.24) is 0 Å². The third-order valence-electron chi connectivity index (χ3n) is 2.16. The lowest BCUT2D eigenvalue weighted by molar-refractivity contribution is -0.0124. The van der Waals surface area contributed by atoms with E-state index in [1.165, 1.54) is 6.26 Å². The van der Waals surface area contributed by atoms with Crippen molar-refractivity contribution in [3.63, 3.8) is 0 Å². The van der Waals surface area contributed by atoms with Gasteiger partial charge in [0.15, 0.2) is 0 Å². The third kappa shape index (κ3) is 2.32. The van der Waals surface area contributed by atoms with Crippen molar-refractivity contribution in [2.24, 2.45) is 5.73 Å². The summed E-state index contributed by atoms with van der Waals surface area (Å²) in [5, 5.41) is 0. The van der Waals surface area contributed by atoms with E-state index in [9.17, 15) is 8.78 Å². The molecule has 0 aliphatic heterocycles. The Hall–Kier alpha value is -0.900. The Bertz CT molecular complexity index is 301. The molecule has 1 aromatic rings. The fourth-order valence-corrected chi connectivity index (χ4v) is 1.08. The van der Waals surface area contributed by atoms with Crippen molar-refractivity contribution in [3.05, 3.63) is 23.7 Å². The van der Waals surface area contributed by atoms with Gasteiger partial charge in [-0.3, -0.25) is 0 Å². The Morgan fingerprint density at radius 2 is 2.00 bits per heavy atom. The molecule has 1 aromatic heterocycles. The van der Waals surface area contributed by atoms with Gasteiger partial charge in [-0.25, -0.2) is 8.78 Å². The van der Waals surface area contributed by atoms with Crippen LogP contribution in [0.2, 0.25) is 0 Å². The predicted molar refractivity (Wildman–Crippen MR) is 50.3 cm³/mol. The van der Waals surface area contributed by atoms with Crippen molar-refractivity contribution >= 4 is 0 Å². The maximum atomic E-state index is 12.8. The Morgan fingerprint density at radius 1 is 1.43 bits per heavy atom. The summed E-state index contributed by atoms with van der Waals surface area (Å²) < 4.78 is 30.7. The maximum absolute atomic E-state index is 12.8. The Morgan fingerprint density at radius 3 is 2.36 bits per heavy atom. The monoisotopic (exact) mass is 203 g/mol. The predicted octanol–water partition coefficient (Wildman–Crippen LogP) is 3.06. The molecule has 0 aliphatic carbocycles. The molecule has 4 heteroatoms. The highest BCUT2D eigenvalue weighted by Crippen LogP contribution is 2.30. The number of halogens is 2. The lowest BCUT2D eigenvalue weighted by Gasteiger charge is -2.16. The number of hydrogen-bond acceptors (Lipinski definition) is 2. The van der Waals surface area contributed by atoms with E-state index in [2.05, 4.69) is 0 Å². The Labute approximate surface area is 82.1 Å². The molecule has 0 aliphatic rings. The molecule has 1 heterocycles. The zero-order chi connectivity index (χ0) is 10.9. The SMILES string of the molecule is CC(C)c1coc([C@H](N)C(C)(F)F)c1. The van der Waals surface area contributed by atoms with Crippen LogP contribution in [-0.2, 0) is 0 Å².